The van der Waals surface area contributed by atoms with Crippen LogP contribution in [0.1, 0.15) is 18.6 Å². The summed E-state index contributed by atoms with van der Waals surface area (Å²) >= 11 is 12.5. The molecule has 0 fully saturated rings. The Kier molecular flexibility index (Phi) is 4.56. The number of benzene rings is 2. The summed E-state index contributed by atoms with van der Waals surface area (Å²) < 4.78 is 19.6. The molecule has 30 heavy (non-hydrogen) atoms. The third kappa shape index (κ3) is 3.26. The number of ether oxygens (including phenoxy) is 1. The minimum absolute atomic E-state index is 0.331. The molecule has 9 heteroatoms. The average Bonchev–Trinajstić information content (AvgIpc) is 3.30. The van der Waals surface area contributed by atoms with E-state index in [4.69, 9.17) is 27.9 Å². The van der Waals surface area contributed by atoms with Crippen LogP contribution in [0.15, 0.2) is 48.8 Å². The number of nitrogens with one attached hydrogen (secondary N) is 2. The molecule has 0 saturated heterocycles. The van der Waals surface area contributed by atoms with E-state index in [2.05, 4.69) is 25.1 Å². The first-order valence-electron chi connectivity index (χ1n) is 9.09. The van der Waals surface area contributed by atoms with Crippen LogP contribution in [-0.2, 0) is 0 Å². The van der Waals surface area contributed by atoms with Crippen LogP contribution in [0.25, 0.3) is 33.5 Å². The van der Waals surface area contributed by atoms with Crippen molar-refractivity contribution in [1.29, 1.82) is 0 Å². The third-order valence-corrected chi connectivity index (χ3v) is 5.41. The molecular weight excluding hydrogens is 428 g/mol. The molecule has 0 aliphatic rings. The highest BCUT2D eigenvalue weighted by Gasteiger charge is 2.18. The number of aromatic nitrogens is 5. The van der Waals surface area contributed by atoms with Gasteiger partial charge in [-0.25, -0.2) is 9.37 Å². The number of rotatable bonds is 4. The molecule has 0 saturated carbocycles. The highest BCUT2D eigenvalue weighted by Crippen LogP contribution is 2.34. The number of aromatic amines is 2. The highest BCUT2D eigenvalue weighted by atomic mass is 35.5. The van der Waals surface area contributed by atoms with E-state index >= 15 is 0 Å². The van der Waals surface area contributed by atoms with E-state index in [1.165, 1.54) is 24.5 Å². The number of hydrogen-bond donors (Lipinski definition) is 2. The summed E-state index contributed by atoms with van der Waals surface area (Å²) in [5.74, 6) is 0.818. The second-order valence-electron chi connectivity index (χ2n) is 6.80. The molecule has 2 N–H and O–H groups in total. The minimum atomic E-state index is -0.394. The number of fused-ring (bicyclic) bond motifs is 2. The second-order valence-corrected chi connectivity index (χ2v) is 7.62. The summed E-state index contributed by atoms with van der Waals surface area (Å²) in [4.78, 5) is 11.6. The largest absolute Gasteiger partial charge is 0.486 e. The maximum Gasteiger partial charge on any atom is 0.159 e. The SMILES string of the molecule is CC(Oc1ccc2[nH]nc(-c3nc4ccc(F)cc4[nH]3)c2c1)c1c(Cl)cncc1Cl. The molecule has 0 aliphatic heterocycles. The lowest BCUT2D eigenvalue weighted by atomic mass is 10.1. The van der Waals surface area contributed by atoms with Crippen molar-refractivity contribution in [2.45, 2.75) is 13.0 Å². The van der Waals surface area contributed by atoms with E-state index in [1.54, 1.807) is 6.07 Å². The van der Waals surface area contributed by atoms with Gasteiger partial charge in [0.2, 0.25) is 0 Å². The Balaban J connectivity index is 1.52. The third-order valence-electron chi connectivity index (χ3n) is 4.81. The van der Waals surface area contributed by atoms with E-state index in [-0.39, 0.29) is 5.82 Å². The first kappa shape index (κ1) is 18.8. The number of imidazole rings is 1. The predicted molar refractivity (Wildman–Crippen MR) is 114 cm³/mol. The molecule has 0 amide bonds. The van der Waals surface area contributed by atoms with Crippen LogP contribution in [-0.4, -0.2) is 25.1 Å². The van der Waals surface area contributed by atoms with Crippen molar-refractivity contribution < 1.29 is 9.13 Å². The molecule has 0 aliphatic carbocycles. The normalized spacial score (nSPS) is 12.5. The molecule has 0 spiro atoms. The van der Waals surface area contributed by atoms with Crippen molar-refractivity contribution in [3.63, 3.8) is 0 Å². The van der Waals surface area contributed by atoms with E-state index in [0.29, 0.717) is 43.9 Å². The van der Waals surface area contributed by atoms with Crippen LogP contribution in [0.5, 0.6) is 5.75 Å². The predicted octanol–water partition coefficient (Wildman–Crippen LogP) is 6.09. The Labute approximate surface area is 180 Å². The summed E-state index contributed by atoms with van der Waals surface area (Å²) in [5.41, 5.74) is 3.35. The Hall–Kier alpha value is -3.16. The van der Waals surface area contributed by atoms with Crippen molar-refractivity contribution in [3.05, 3.63) is 70.2 Å². The van der Waals surface area contributed by atoms with Gasteiger partial charge in [-0.15, -0.1) is 0 Å². The fourth-order valence-corrected chi connectivity index (χ4v) is 4.09. The monoisotopic (exact) mass is 441 g/mol. The first-order valence-corrected chi connectivity index (χ1v) is 9.84. The molecule has 0 bridgehead atoms. The number of halogens is 3. The molecule has 0 radical (unpaired) electrons. The van der Waals surface area contributed by atoms with Gasteiger partial charge in [0.1, 0.15) is 23.4 Å². The molecule has 2 aromatic carbocycles. The van der Waals surface area contributed by atoms with Crippen LogP contribution in [0, 0.1) is 5.82 Å². The quantitative estimate of drug-likeness (QED) is 0.353. The van der Waals surface area contributed by atoms with E-state index in [0.717, 1.165) is 10.9 Å². The summed E-state index contributed by atoms with van der Waals surface area (Å²) in [6, 6.07) is 9.96. The van der Waals surface area contributed by atoms with Crippen LogP contribution in [0.4, 0.5) is 4.39 Å². The number of H-pyrrole nitrogens is 2. The topological polar surface area (TPSA) is 79.5 Å². The van der Waals surface area contributed by atoms with Crippen molar-refractivity contribution >= 4 is 45.1 Å². The van der Waals surface area contributed by atoms with Gasteiger partial charge in [-0.2, -0.15) is 5.10 Å². The maximum atomic E-state index is 13.5. The molecule has 3 aromatic heterocycles. The number of pyridine rings is 1. The van der Waals surface area contributed by atoms with Gasteiger partial charge >= 0.3 is 0 Å². The molecule has 1 unspecified atom stereocenters. The summed E-state index contributed by atoms with van der Waals surface area (Å²) in [5, 5.41) is 9.04. The molecule has 5 rings (SSSR count). The zero-order chi connectivity index (χ0) is 20.8. The van der Waals surface area contributed by atoms with Gasteiger partial charge in [0.15, 0.2) is 5.82 Å². The van der Waals surface area contributed by atoms with Crippen molar-refractivity contribution in [2.75, 3.05) is 0 Å². The molecular formula is C21H14Cl2FN5O. The summed E-state index contributed by atoms with van der Waals surface area (Å²) in [6.07, 6.45) is 2.67. The maximum absolute atomic E-state index is 13.5. The highest BCUT2D eigenvalue weighted by molar-refractivity contribution is 6.35. The van der Waals surface area contributed by atoms with E-state index in [9.17, 15) is 4.39 Å². The van der Waals surface area contributed by atoms with Gasteiger partial charge in [-0.05, 0) is 43.3 Å². The van der Waals surface area contributed by atoms with Gasteiger partial charge in [0.25, 0.3) is 0 Å². The zero-order valence-electron chi connectivity index (χ0n) is 15.6. The molecule has 5 aromatic rings. The van der Waals surface area contributed by atoms with Gasteiger partial charge in [-0.3, -0.25) is 10.1 Å². The van der Waals surface area contributed by atoms with E-state index in [1.807, 2.05) is 25.1 Å². The van der Waals surface area contributed by atoms with Crippen LogP contribution < -0.4 is 4.74 Å². The minimum Gasteiger partial charge on any atom is -0.486 e. The Bertz CT molecular complexity index is 1380. The van der Waals surface area contributed by atoms with Crippen LogP contribution in [0.2, 0.25) is 10.0 Å². The fraction of sp³-hybridized carbons (Fsp3) is 0.0952. The van der Waals surface area contributed by atoms with Gasteiger partial charge in [0.05, 0.1) is 26.6 Å². The second kappa shape index (κ2) is 7.27. The summed E-state index contributed by atoms with van der Waals surface area (Å²) in [6.45, 7) is 1.86. The van der Waals surface area contributed by atoms with Gasteiger partial charge in [0, 0.05) is 23.3 Å². The van der Waals surface area contributed by atoms with E-state index < -0.39 is 6.10 Å². The molecule has 3 heterocycles. The zero-order valence-corrected chi connectivity index (χ0v) is 17.1. The Morgan fingerprint density at radius 3 is 2.63 bits per heavy atom. The number of hydrogen-bond acceptors (Lipinski definition) is 4. The smallest absolute Gasteiger partial charge is 0.159 e. The number of nitrogens with zero attached hydrogens (tertiary/aromatic N) is 3. The lowest BCUT2D eigenvalue weighted by molar-refractivity contribution is 0.227. The first-order chi connectivity index (χ1) is 14.5. The van der Waals surface area contributed by atoms with Gasteiger partial charge in [-0.1, -0.05) is 23.2 Å². The van der Waals surface area contributed by atoms with Crippen molar-refractivity contribution in [1.82, 2.24) is 25.1 Å². The molecule has 150 valence electrons. The Morgan fingerprint density at radius 2 is 1.83 bits per heavy atom. The lowest BCUT2D eigenvalue weighted by Crippen LogP contribution is -2.05. The van der Waals surface area contributed by atoms with Gasteiger partial charge < -0.3 is 9.72 Å². The molecule has 1 atom stereocenters. The van der Waals surface area contributed by atoms with Crippen LogP contribution in [0.3, 0.4) is 0 Å². The lowest BCUT2D eigenvalue weighted by Gasteiger charge is -2.17. The fourth-order valence-electron chi connectivity index (χ4n) is 3.41. The molecule has 6 nitrogen and oxygen atoms in total. The summed E-state index contributed by atoms with van der Waals surface area (Å²) in [7, 11) is 0. The van der Waals surface area contributed by atoms with Crippen molar-refractivity contribution in [3.8, 4) is 17.3 Å². The average molecular weight is 442 g/mol. The van der Waals surface area contributed by atoms with Crippen LogP contribution >= 0.6 is 23.2 Å². The standard InChI is InChI=1S/C21H14Cl2FN5O/c1-10(19-14(22)8-25-9-15(19)23)30-12-3-5-16-13(7-12)20(29-28-16)21-26-17-4-2-11(24)6-18(17)27-21/h2-10H,1H3,(H,26,27)(H,28,29). The van der Waals surface area contributed by atoms with Crippen molar-refractivity contribution in [2.24, 2.45) is 0 Å². The Morgan fingerprint density at radius 1 is 1.03 bits per heavy atom.